The Morgan fingerprint density at radius 1 is 1.30 bits per heavy atom. The van der Waals surface area contributed by atoms with Crippen LogP contribution in [0.3, 0.4) is 0 Å². The SMILES string of the molecule is NC(=O)N/N=C/c1ccc(-c2ccc([N+](=O)[O-])cc2)o1. The molecule has 0 saturated carbocycles. The number of nitrogens with zero attached hydrogens (tertiary/aromatic N) is 2. The van der Waals surface area contributed by atoms with Gasteiger partial charge in [-0.05, 0) is 24.3 Å². The lowest BCUT2D eigenvalue weighted by molar-refractivity contribution is -0.384. The molecule has 0 bridgehead atoms. The third-order valence-electron chi connectivity index (χ3n) is 2.36. The molecule has 1 aromatic carbocycles. The number of non-ortho nitro benzene ring substituents is 1. The zero-order chi connectivity index (χ0) is 14.5. The number of rotatable bonds is 4. The molecule has 3 N–H and O–H groups in total. The number of amides is 2. The van der Waals surface area contributed by atoms with Crippen molar-refractivity contribution >= 4 is 17.9 Å². The molecule has 0 saturated heterocycles. The van der Waals surface area contributed by atoms with E-state index in [1.807, 2.05) is 5.43 Å². The Labute approximate surface area is 113 Å². The van der Waals surface area contributed by atoms with E-state index in [9.17, 15) is 14.9 Å². The zero-order valence-electron chi connectivity index (χ0n) is 10.1. The Balaban J connectivity index is 2.14. The van der Waals surface area contributed by atoms with Crippen LogP contribution in [-0.2, 0) is 0 Å². The van der Waals surface area contributed by atoms with Gasteiger partial charge in [-0.15, -0.1) is 0 Å². The maximum absolute atomic E-state index is 10.5. The van der Waals surface area contributed by atoms with Crippen molar-refractivity contribution < 1.29 is 14.1 Å². The van der Waals surface area contributed by atoms with Crippen LogP contribution in [0.2, 0.25) is 0 Å². The van der Waals surface area contributed by atoms with Crippen LogP contribution in [0.25, 0.3) is 11.3 Å². The van der Waals surface area contributed by atoms with E-state index in [-0.39, 0.29) is 5.69 Å². The third-order valence-corrected chi connectivity index (χ3v) is 2.36. The van der Waals surface area contributed by atoms with E-state index in [1.54, 1.807) is 24.3 Å². The van der Waals surface area contributed by atoms with Crippen LogP contribution < -0.4 is 11.2 Å². The van der Waals surface area contributed by atoms with E-state index in [0.717, 1.165) is 0 Å². The molecule has 2 aromatic rings. The molecule has 0 atom stereocenters. The van der Waals surface area contributed by atoms with E-state index < -0.39 is 11.0 Å². The van der Waals surface area contributed by atoms with Crippen molar-refractivity contribution in [1.82, 2.24) is 5.43 Å². The summed E-state index contributed by atoms with van der Waals surface area (Å²) < 4.78 is 5.44. The number of furan rings is 1. The topological polar surface area (TPSA) is 124 Å². The number of nitrogens with one attached hydrogen (secondary N) is 1. The van der Waals surface area contributed by atoms with Crippen molar-refractivity contribution in [3.05, 3.63) is 52.3 Å². The lowest BCUT2D eigenvalue weighted by atomic mass is 10.1. The Hall–Kier alpha value is -3.16. The van der Waals surface area contributed by atoms with Gasteiger partial charge >= 0.3 is 6.03 Å². The number of nitro groups is 1. The number of nitrogens with two attached hydrogens (primary N) is 1. The molecule has 2 rings (SSSR count). The largest absolute Gasteiger partial charge is 0.455 e. The second-order valence-electron chi connectivity index (χ2n) is 3.74. The van der Waals surface area contributed by atoms with Gasteiger partial charge in [-0.1, -0.05) is 0 Å². The van der Waals surface area contributed by atoms with Gasteiger partial charge in [0.15, 0.2) is 0 Å². The van der Waals surface area contributed by atoms with Crippen LogP contribution in [0.15, 0.2) is 45.9 Å². The first-order valence-corrected chi connectivity index (χ1v) is 5.49. The van der Waals surface area contributed by atoms with E-state index >= 15 is 0 Å². The first-order chi connectivity index (χ1) is 9.56. The van der Waals surface area contributed by atoms with Crippen molar-refractivity contribution in [3.63, 3.8) is 0 Å². The molecule has 0 radical (unpaired) electrons. The summed E-state index contributed by atoms with van der Waals surface area (Å²) in [6.45, 7) is 0. The summed E-state index contributed by atoms with van der Waals surface area (Å²) in [6.07, 6.45) is 1.29. The molecule has 8 heteroatoms. The molecular weight excluding hydrogens is 264 g/mol. The summed E-state index contributed by atoms with van der Waals surface area (Å²) >= 11 is 0. The smallest absolute Gasteiger partial charge is 0.332 e. The fraction of sp³-hybridized carbons (Fsp3) is 0. The number of primary amides is 1. The second-order valence-corrected chi connectivity index (χ2v) is 3.74. The summed E-state index contributed by atoms with van der Waals surface area (Å²) in [5, 5.41) is 14.1. The molecule has 0 aliphatic rings. The van der Waals surface area contributed by atoms with Gasteiger partial charge in [0.25, 0.3) is 5.69 Å². The minimum Gasteiger partial charge on any atom is -0.455 e. The highest BCUT2D eigenvalue weighted by Crippen LogP contribution is 2.23. The van der Waals surface area contributed by atoms with E-state index in [2.05, 4.69) is 5.10 Å². The summed E-state index contributed by atoms with van der Waals surface area (Å²) in [5.74, 6) is 0.938. The van der Waals surface area contributed by atoms with Crippen molar-refractivity contribution in [2.45, 2.75) is 0 Å². The van der Waals surface area contributed by atoms with E-state index in [0.29, 0.717) is 17.1 Å². The Bertz CT molecular complexity index is 660. The van der Waals surface area contributed by atoms with Gasteiger partial charge < -0.3 is 10.2 Å². The highest BCUT2D eigenvalue weighted by molar-refractivity contribution is 5.79. The second kappa shape index (κ2) is 5.65. The summed E-state index contributed by atoms with van der Waals surface area (Å²) in [6, 6.07) is 8.50. The quantitative estimate of drug-likeness (QED) is 0.501. The summed E-state index contributed by atoms with van der Waals surface area (Å²) in [5.41, 5.74) is 7.58. The minimum absolute atomic E-state index is 0.00718. The molecule has 0 unspecified atom stereocenters. The maximum Gasteiger partial charge on any atom is 0.332 e. The third kappa shape index (κ3) is 3.19. The predicted molar refractivity (Wildman–Crippen MR) is 71.1 cm³/mol. The number of carbonyl (C=O) groups is 1. The van der Waals surface area contributed by atoms with Crippen molar-refractivity contribution in [2.75, 3.05) is 0 Å². The zero-order valence-corrected chi connectivity index (χ0v) is 10.1. The Kier molecular flexibility index (Phi) is 3.75. The van der Waals surface area contributed by atoms with Crippen LogP contribution in [-0.4, -0.2) is 17.2 Å². The van der Waals surface area contributed by atoms with Gasteiger partial charge in [0.1, 0.15) is 11.5 Å². The lowest BCUT2D eigenvalue weighted by Crippen LogP contribution is -2.24. The van der Waals surface area contributed by atoms with Crippen molar-refractivity contribution in [2.24, 2.45) is 10.8 Å². The molecular formula is C12H10N4O4. The van der Waals surface area contributed by atoms with E-state index in [1.165, 1.54) is 18.3 Å². The van der Waals surface area contributed by atoms with Crippen LogP contribution >= 0.6 is 0 Å². The van der Waals surface area contributed by atoms with Gasteiger partial charge in [0, 0.05) is 17.7 Å². The molecule has 0 spiro atoms. The van der Waals surface area contributed by atoms with Crippen LogP contribution in [0.4, 0.5) is 10.5 Å². The van der Waals surface area contributed by atoms with Gasteiger partial charge in [-0.3, -0.25) is 10.1 Å². The Morgan fingerprint density at radius 2 is 2.00 bits per heavy atom. The maximum atomic E-state index is 10.5. The fourth-order valence-corrected chi connectivity index (χ4v) is 1.48. The average molecular weight is 274 g/mol. The summed E-state index contributed by atoms with van der Waals surface area (Å²) in [7, 11) is 0. The predicted octanol–water partition coefficient (Wildman–Crippen LogP) is 1.86. The highest BCUT2D eigenvalue weighted by Gasteiger charge is 2.07. The molecule has 1 heterocycles. The van der Waals surface area contributed by atoms with Gasteiger partial charge in [0.2, 0.25) is 0 Å². The van der Waals surface area contributed by atoms with Crippen LogP contribution in [0, 0.1) is 10.1 Å². The molecule has 0 aliphatic heterocycles. The molecule has 0 aliphatic carbocycles. The number of hydrogen-bond donors (Lipinski definition) is 2. The first kappa shape index (κ1) is 13.3. The highest BCUT2D eigenvalue weighted by atomic mass is 16.6. The van der Waals surface area contributed by atoms with Gasteiger partial charge in [0.05, 0.1) is 11.1 Å². The minimum atomic E-state index is -0.775. The Morgan fingerprint density at radius 3 is 2.60 bits per heavy atom. The normalized spacial score (nSPS) is 10.6. The van der Waals surface area contributed by atoms with Gasteiger partial charge in [-0.25, -0.2) is 10.2 Å². The number of urea groups is 1. The first-order valence-electron chi connectivity index (χ1n) is 5.49. The van der Waals surface area contributed by atoms with Crippen LogP contribution in [0.1, 0.15) is 5.76 Å². The molecule has 20 heavy (non-hydrogen) atoms. The molecule has 0 fully saturated rings. The van der Waals surface area contributed by atoms with Gasteiger partial charge in [-0.2, -0.15) is 5.10 Å². The number of hydrogen-bond acceptors (Lipinski definition) is 5. The number of hydrazone groups is 1. The average Bonchev–Trinajstić information content (AvgIpc) is 2.87. The van der Waals surface area contributed by atoms with Crippen molar-refractivity contribution in [3.8, 4) is 11.3 Å². The molecule has 2 amide bonds. The van der Waals surface area contributed by atoms with Crippen molar-refractivity contribution in [1.29, 1.82) is 0 Å². The van der Waals surface area contributed by atoms with E-state index in [4.69, 9.17) is 10.2 Å². The van der Waals surface area contributed by atoms with Crippen LogP contribution in [0.5, 0.6) is 0 Å². The monoisotopic (exact) mass is 274 g/mol. The number of nitro benzene ring substituents is 1. The number of benzene rings is 1. The summed E-state index contributed by atoms with van der Waals surface area (Å²) in [4.78, 5) is 20.5. The molecule has 1 aromatic heterocycles. The molecule has 102 valence electrons. The fourth-order valence-electron chi connectivity index (χ4n) is 1.48. The number of carbonyl (C=O) groups excluding carboxylic acids is 1. The lowest BCUT2D eigenvalue weighted by Gasteiger charge is -1.96. The standard InChI is InChI=1S/C12H10N4O4/c13-12(17)15-14-7-10-5-6-11(20-10)8-1-3-9(4-2-8)16(18)19/h1-7H,(H3,13,15,17)/b14-7+. The molecule has 8 nitrogen and oxygen atoms in total.